The maximum atomic E-state index is 4.17. The summed E-state index contributed by atoms with van der Waals surface area (Å²) < 4.78 is 0. The van der Waals surface area contributed by atoms with E-state index in [1.54, 1.807) is 6.20 Å². The van der Waals surface area contributed by atoms with E-state index in [4.69, 9.17) is 0 Å². The quantitative estimate of drug-likeness (QED) is 0.696. The van der Waals surface area contributed by atoms with Crippen LogP contribution in [-0.4, -0.2) is 35.4 Å². The first kappa shape index (κ1) is 8.17. The number of fused-ring (bicyclic) bond motifs is 3. The van der Waals surface area contributed by atoms with Crippen LogP contribution in [-0.2, 0) is 0 Å². The fourth-order valence-electron chi connectivity index (χ4n) is 2.44. The van der Waals surface area contributed by atoms with Crippen LogP contribution in [0.3, 0.4) is 0 Å². The van der Waals surface area contributed by atoms with E-state index in [0.717, 1.165) is 18.9 Å². The second-order valence-corrected chi connectivity index (χ2v) is 4.07. The molecule has 3 aliphatic heterocycles. The van der Waals surface area contributed by atoms with Crippen LogP contribution in [0, 0.1) is 0 Å². The van der Waals surface area contributed by atoms with Crippen molar-refractivity contribution in [1.29, 1.82) is 0 Å². The first-order valence-corrected chi connectivity index (χ1v) is 5.21. The van der Waals surface area contributed by atoms with Crippen LogP contribution in [0.2, 0.25) is 0 Å². The van der Waals surface area contributed by atoms with Crippen molar-refractivity contribution in [2.24, 2.45) is 0 Å². The SMILES string of the molecule is c1cnnc(N2CC3CCC2CN3)c1. The van der Waals surface area contributed by atoms with Crippen LogP contribution in [0.5, 0.6) is 0 Å². The van der Waals surface area contributed by atoms with Crippen molar-refractivity contribution < 1.29 is 0 Å². The van der Waals surface area contributed by atoms with E-state index in [0.29, 0.717) is 12.1 Å². The fourth-order valence-corrected chi connectivity index (χ4v) is 2.44. The zero-order valence-corrected chi connectivity index (χ0v) is 8.06. The number of hydrogen-bond donors (Lipinski definition) is 1. The molecule has 1 aromatic rings. The smallest absolute Gasteiger partial charge is 0.151 e. The fraction of sp³-hybridized carbons (Fsp3) is 0.600. The predicted octanol–water partition coefficient (Wildman–Crippen LogP) is 0.417. The second-order valence-electron chi connectivity index (χ2n) is 4.07. The molecule has 3 fully saturated rings. The molecule has 1 aromatic heterocycles. The molecular formula is C10H14N4. The lowest BCUT2D eigenvalue weighted by atomic mass is 9.93. The van der Waals surface area contributed by atoms with E-state index < -0.39 is 0 Å². The third kappa shape index (κ3) is 1.26. The van der Waals surface area contributed by atoms with Gasteiger partial charge >= 0.3 is 0 Å². The van der Waals surface area contributed by atoms with Gasteiger partial charge < -0.3 is 10.2 Å². The summed E-state index contributed by atoms with van der Waals surface area (Å²) in [6.07, 6.45) is 4.32. The molecule has 3 saturated heterocycles. The molecule has 0 amide bonds. The van der Waals surface area contributed by atoms with Crippen molar-refractivity contribution in [3.05, 3.63) is 18.3 Å². The molecule has 3 aliphatic rings. The molecule has 2 bridgehead atoms. The summed E-state index contributed by atoms with van der Waals surface area (Å²) >= 11 is 0. The molecule has 4 heterocycles. The molecule has 0 radical (unpaired) electrons. The van der Waals surface area contributed by atoms with Crippen molar-refractivity contribution in [3.63, 3.8) is 0 Å². The Hall–Kier alpha value is -1.16. The Kier molecular flexibility index (Phi) is 1.87. The Morgan fingerprint density at radius 1 is 1.43 bits per heavy atom. The molecule has 4 rings (SSSR count). The van der Waals surface area contributed by atoms with E-state index in [1.165, 1.54) is 12.8 Å². The van der Waals surface area contributed by atoms with Crippen LogP contribution in [0.4, 0.5) is 5.82 Å². The van der Waals surface area contributed by atoms with Crippen molar-refractivity contribution in [2.75, 3.05) is 18.0 Å². The molecular weight excluding hydrogens is 176 g/mol. The highest BCUT2D eigenvalue weighted by Crippen LogP contribution is 2.25. The molecule has 0 aromatic carbocycles. The number of anilines is 1. The van der Waals surface area contributed by atoms with E-state index in [-0.39, 0.29) is 0 Å². The molecule has 14 heavy (non-hydrogen) atoms. The molecule has 0 saturated carbocycles. The van der Waals surface area contributed by atoms with Crippen LogP contribution >= 0.6 is 0 Å². The van der Waals surface area contributed by atoms with Crippen LogP contribution < -0.4 is 10.2 Å². The molecule has 1 N–H and O–H groups in total. The number of aromatic nitrogens is 2. The number of nitrogens with zero attached hydrogens (tertiary/aromatic N) is 3. The maximum Gasteiger partial charge on any atom is 0.151 e. The first-order valence-electron chi connectivity index (χ1n) is 5.21. The average Bonchev–Trinajstić information content (AvgIpc) is 2.32. The third-order valence-electron chi connectivity index (χ3n) is 3.20. The molecule has 2 atom stereocenters. The van der Waals surface area contributed by atoms with Gasteiger partial charge in [-0.1, -0.05) is 0 Å². The first-order chi connectivity index (χ1) is 6.93. The van der Waals surface area contributed by atoms with Crippen LogP contribution in [0.25, 0.3) is 0 Å². The lowest BCUT2D eigenvalue weighted by Crippen LogP contribution is -2.61. The van der Waals surface area contributed by atoms with Gasteiger partial charge in [-0.05, 0) is 25.0 Å². The average molecular weight is 190 g/mol. The van der Waals surface area contributed by atoms with Crippen molar-refractivity contribution in [1.82, 2.24) is 15.5 Å². The van der Waals surface area contributed by atoms with Crippen LogP contribution in [0.1, 0.15) is 12.8 Å². The Bertz CT molecular complexity index is 305. The lowest BCUT2D eigenvalue weighted by molar-refractivity contribution is 0.288. The van der Waals surface area contributed by atoms with E-state index >= 15 is 0 Å². The van der Waals surface area contributed by atoms with Gasteiger partial charge in [0.2, 0.25) is 0 Å². The monoisotopic (exact) mass is 190 g/mol. The van der Waals surface area contributed by atoms with E-state index in [1.807, 2.05) is 12.1 Å². The van der Waals surface area contributed by atoms with Gasteiger partial charge in [0.1, 0.15) is 0 Å². The summed E-state index contributed by atoms with van der Waals surface area (Å²) in [6, 6.07) is 5.28. The molecule has 4 nitrogen and oxygen atoms in total. The summed E-state index contributed by atoms with van der Waals surface area (Å²) in [6.45, 7) is 2.19. The second kappa shape index (κ2) is 3.20. The predicted molar refractivity (Wildman–Crippen MR) is 54.2 cm³/mol. The van der Waals surface area contributed by atoms with Gasteiger partial charge in [-0.3, -0.25) is 0 Å². The molecule has 4 heteroatoms. The minimum atomic E-state index is 0.622. The summed E-state index contributed by atoms with van der Waals surface area (Å²) in [5.74, 6) is 1.03. The van der Waals surface area contributed by atoms with E-state index in [2.05, 4.69) is 20.4 Å². The summed E-state index contributed by atoms with van der Waals surface area (Å²) in [4.78, 5) is 2.39. The van der Waals surface area contributed by atoms with Crippen molar-refractivity contribution >= 4 is 5.82 Å². The topological polar surface area (TPSA) is 41.1 Å². The normalized spacial score (nSPS) is 30.7. The highest BCUT2D eigenvalue weighted by molar-refractivity contribution is 5.40. The largest absolute Gasteiger partial charge is 0.349 e. The molecule has 0 spiro atoms. The minimum Gasteiger partial charge on any atom is -0.349 e. The van der Waals surface area contributed by atoms with Gasteiger partial charge in [0.25, 0.3) is 0 Å². The highest BCUT2D eigenvalue weighted by Gasteiger charge is 2.33. The summed E-state index contributed by atoms with van der Waals surface area (Å²) in [7, 11) is 0. The Morgan fingerprint density at radius 3 is 3.00 bits per heavy atom. The number of piperidine rings is 2. The Labute approximate surface area is 83.3 Å². The Balaban J connectivity index is 1.86. The zero-order chi connectivity index (χ0) is 9.38. The molecule has 74 valence electrons. The highest BCUT2D eigenvalue weighted by atomic mass is 15.3. The number of hydrogen-bond acceptors (Lipinski definition) is 4. The lowest BCUT2D eigenvalue weighted by Gasteiger charge is -2.46. The van der Waals surface area contributed by atoms with E-state index in [9.17, 15) is 0 Å². The standard InChI is InChI=1S/C10H14N4/c1-2-10(13-12-5-1)14-7-8-3-4-9(14)6-11-8/h1-2,5,8-9,11H,3-4,6-7H2. The van der Waals surface area contributed by atoms with Gasteiger partial charge in [0, 0.05) is 31.4 Å². The Morgan fingerprint density at radius 2 is 2.43 bits per heavy atom. The minimum absolute atomic E-state index is 0.622. The van der Waals surface area contributed by atoms with Crippen LogP contribution in [0.15, 0.2) is 18.3 Å². The molecule has 2 unspecified atom stereocenters. The van der Waals surface area contributed by atoms with Crippen molar-refractivity contribution in [2.45, 2.75) is 24.9 Å². The maximum absolute atomic E-state index is 4.17. The van der Waals surface area contributed by atoms with Gasteiger partial charge in [0.15, 0.2) is 5.82 Å². The zero-order valence-electron chi connectivity index (χ0n) is 8.06. The van der Waals surface area contributed by atoms with Gasteiger partial charge in [-0.25, -0.2) is 0 Å². The third-order valence-corrected chi connectivity index (χ3v) is 3.20. The molecule has 0 aliphatic carbocycles. The number of piperazine rings is 1. The van der Waals surface area contributed by atoms with Crippen molar-refractivity contribution in [3.8, 4) is 0 Å². The number of rotatable bonds is 1. The van der Waals surface area contributed by atoms with Gasteiger partial charge in [-0.15, -0.1) is 5.10 Å². The van der Waals surface area contributed by atoms with Gasteiger partial charge in [0.05, 0.1) is 0 Å². The summed E-state index contributed by atoms with van der Waals surface area (Å²) in [5.41, 5.74) is 0. The van der Waals surface area contributed by atoms with Gasteiger partial charge in [-0.2, -0.15) is 5.10 Å². The number of nitrogens with one attached hydrogen (secondary N) is 1. The summed E-state index contributed by atoms with van der Waals surface area (Å²) in [5, 5.41) is 11.6.